The molecule has 0 aliphatic carbocycles. The second-order valence-electron chi connectivity index (χ2n) is 7.01. The zero-order valence-corrected chi connectivity index (χ0v) is 19.0. The first-order chi connectivity index (χ1) is 15.4. The van der Waals surface area contributed by atoms with Gasteiger partial charge in [0.2, 0.25) is 11.2 Å². The van der Waals surface area contributed by atoms with Crippen LogP contribution >= 0.6 is 15.9 Å². The van der Waals surface area contributed by atoms with E-state index in [2.05, 4.69) is 15.9 Å². The van der Waals surface area contributed by atoms with E-state index >= 15 is 0 Å². The van der Waals surface area contributed by atoms with Gasteiger partial charge in [-0.2, -0.15) is 0 Å². The summed E-state index contributed by atoms with van der Waals surface area (Å²) >= 11 is 3.40. The van der Waals surface area contributed by atoms with Crippen molar-refractivity contribution in [2.24, 2.45) is 0 Å². The Morgan fingerprint density at radius 1 is 1.00 bits per heavy atom. The molecule has 0 aliphatic heterocycles. The van der Waals surface area contributed by atoms with Crippen molar-refractivity contribution in [1.29, 1.82) is 0 Å². The third-order valence-corrected chi connectivity index (χ3v) is 5.43. The molecule has 4 aromatic rings. The summed E-state index contributed by atoms with van der Waals surface area (Å²) in [5.41, 5.74) is 0.796. The summed E-state index contributed by atoms with van der Waals surface area (Å²) in [5.74, 6) is 1.51. The van der Waals surface area contributed by atoms with Crippen molar-refractivity contribution in [3.8, 4) is 23.0 Å². The highest BCUT2D eigenvalue weighted by molar-refractivity contribution is 9.10. The lowest BCUT2D eigenvalue weighted by Crippen LogP contribution is -2.12. The first-order valence-electron chi connectivity index (χ1n) is 9.78. The topological polar surface area (TPSA) is 75.0 Å². The lowest BCUT2D eigenvalue weighted by Gasteiger charge is -2.11. The SMILES string of the molecule is COc1ccc(CC(=O)Oc2ccc3c(=O)c(Oc4ccccc4Br)c(C)oc3c2)cc1. The summed E-state index contributed by atoms with van der Waals surface area (Å²) in [5, 5.41) is 0.326. The molecule has 0 bridgehead atoms. The molecule has 6 nitrogen and oxygen atoms in total. The number of carbonyl (C=O) groups is 1. The molecular weight excluding hydrogens is 476 g/mol. The Morgan fingerprint density at radius 2 is 1.72 bits per heavy atom. The molecule has 0 spiro atoms. The largest absolute Gasteiger partial charge is 0.497 e. The van der Waals surface area contributed by atoms with Crippen LogP contribution in [-0.2, 0) is 11.2 Å². The fraction of sp³-hybridized carbons (Fsp3) is 0.120. The van der Waals surface area contributed by atoms with Gasteiger partial charge in [0.25, 0.3) is 0 Å². The summed E-state index contributed by atoms with van der Waals surface area (Å²) in [6.07, 6.45) is 0.101. The molecule has 0 unspecified atom stereocenters. The Labute approximate surface area is 192 Å². The van der Waals surface area contributed by atoms with Gasteiger partial charge in [-0.05, 0) is 64.8 Å². The fourth-order valence-corrected chi connectivity index (χ4v) is 3.53. The molecule has 162 valence electrons. The molecule has 0 saturated carbocycles. The van der Waals surface area contributed by atoms with Crippen LogP contribution < -0.4 is 19.6 Å². The predicted octanol–water partition coefficient (Wildman–Crippen LogP) is 5.81. The molecule has 0 fully saturated rings. The average Bonchev–Trinajstić information content (AvgIpc) is 2.78. The van der Waals surface area contributed by atoms with Crippen LogP contribution in [0.1, 0.15) is 11.3 Å². The number of halogens is 1. The van der Waals surface area contributed by atoms with E-state index in [0.717, 1.165) is 10.0 Å². The monoisotopic (exact) mass is 494 g/mol. The number of aryl methyl sites for hydroxylation is 1. The van der Waals surface area contributed by atoms with E-state index < -0.39 is 5.97 Å². The Bertz CT molecular complexity index is 1340. The smallest absolute Gasteiger partial charge is 0.315 e. The quantitative estimate of drug-likeness (QED) is 0.248. The minimum Gasteiger partial charge on any atom is -0.497 e. The van der Waals surface area contributed by atoms with E-state index in [1.165, 1.54) is 6.07 Å². The van der Waals surface area contributed by atoms with Crippen LogP contribution in [0.15, 0.2) is 80.4 Å². The predicted molar refractivity (Wildman–Crippen MR) is 124 cm³/mol. The van der Waals surface area contributed by atoms with Gasteiger partial charge in [-0.3, -0.25) is 9.59 Å². The van der Waals surface area contributed by atoms with Gasteiger partial charge in [-0.1, -0.05) is 24.3 Å². The molecule has 0 saturated heterocycles. The molecule has 0 atom stereocenters. The van der Waals surface area contributed by atoms with Crippen LogP contribution in [0.3, 0.4) is 0 Å². The number of esters is 1. The average molecular weight is 495 g/mol. The van der Waals surface area contributed by atoms with E-state index in [9.17, 15) is 9.59 Å². The molecule has 0 radical (unpaired) electrons. The van der Waals surface area contributed by atoms with Gasteiger partial charge in [0.05, 0.1) is 23.4 Å². The van der Waals surface area contributed by atoms with Gasteiger partial charge in [-0.15, -0.1) is 0 Å². The van der Waals surface area contributed by atoms with Gasteiger partial charge < -0.3 is 18.6 Å². The standard InChI is InChI=1S/C25H19BrO6/c1-15-25(32-21-6-4-3-5-20(21)26)24(28)19-12-11-18(14-22(19)30-15)31-23(27)13-16-7-9-17(29-2)10-8-16/h3-12,14H,13H2,1-2H3. The van der Waals surface area contributed by atoms with E-state index in [1.807, 2.05) is 18.2 Å². The molecule has 1 aromatic heterocycles. The third kappa shape index (κ3) is 4.68. The van der Waals surface area contributed by atoms with Crippen LogP contribution in [0, 0.1) is 6.92 Å². The summed E-state index contributed by atoms with van der Waals surface area (Å²) < 4.78 is 22.9. The Morgan fingerprint density at radius 3 is 2.44 bits per heavy atom. The van der Waals surface area contributed by atoms with E-state index in [0.29, 0.717) is 28.2 Å². The molecular formula is C25H19BrO6. The Balaban J connectivity index is 1.55. The number of benzene rings is 3. The van der Waals surface area contributed by atoms with E-state index in [-0.39, 0.29) is 23.3 Å². The lowest BCUT2D eigenvalue weighted by atomic mass is 10.1. The minimum atomic E-state index is -0.428. The van der Waals surface area contributed by atoms with E-state index in [4.69, 9.17) is 18.6 Å². The molecule has 3 aromatic carbocycles. The van der Waals surface area contributed by atoms with Crippen LogP contribution in [-0.4, -0.2) is 13.1 Å². The van der Waals surface area contributed by atoms with Gasteiger partial charge in [0.15, 0.2) is 0 Å². The number of ether oxygens (including phenoxy) is 3. The van der Waals surface area contributed by atoms with Crippen molar-refractivity contribution in [3.63, 3.8) is 0 Å². The summed E-state index contributed by atoms with van der Waals surface area (Å²) in [6.45, 7) is 1.65. The van der Waals surface area contributed by atoms with Crippen molar-refractivity contribution in [2.75, 3.05) is 7.11 Å². The zero-order chi connectivity index (χ0) is 22.7. The van der Waals surface area contributed by atoms with Gasteiger partial charge in [0, 0.05) is 6.07 Å². The van der Waals surface area contributed by atoms with Crippen molar-refractivity contribution in [1.82, 2.24) is 0 Å². The Hall–Kier alpha value is -3.58. The van der Waals surface area contributed by atoms with Gasteiger partial charge in [0.1, 0.15) is 28.6 Å². The van der Waals surface area contributed by atoms with Crippen molar-refractivity contribution in [3.05, 3.63) is 92.7 Å². The maximum absolute atomic E-state index is 13.0. The number of methoxy groups -OCH3 is 1. The fourth-order valence-electron chi connectivity index (χ4n) is 3.16. The molecule has 0 amide bonds. The number of hydrogen-bond acceptors (Lipinski definition) is 6. The maximum atomic E-state index is 13.0. The maximum Gasteiger partial charge on any atom is 0.315 e. The number of hydrogen-bond donors (Lipinski definition) is 0. The number of rotatable bonds is 6. The lowest BCUT2D eigenvalue weighted by molar-refractivity contribution is -0.133. The second-order valence-corrected chi connectivity index (χ2v) is 7.86. The normalized spacial score (nSPS) is 10.7. The van der Waals surface area contributed by atoms with Crippen LogP contribution in [0.2, 0.25) is 0 Å². The molecule has 1 heterocycles. The van der Waals surface area contributed by atoms with Crippen LogP contribution in [0.25, 0.3) is 11.0 Å². The van der Waals surface area contributed by atoms with Crippen molar-refractivity contribution >= 4 is 32.9 Å². The van der Waals surface area contributed by atoms with E-state index in [1.54, 1.807) is 56.5 Å². The highest BCUT2D eigenvalue weighted by Gasteiger charge is 2.16. The second kappa shape index (κ2) is 9.28. The van der Waals surface area contributed by atoms with Gasteiger partial charge >= 0.3 is 5.97 Å². The number of fused-ring (bicyclic) bond motifs is 1. The van der Waals surface area contributed by atoms with Crippen LogP contribution in [0.4, 0.5) is 0 Å². The zero-order valence-electron chi connectivity index (χ0n) is 17.4. The van der Waals surface area contributed by atoms with Crippen LogP contribution in [0.5, 0.6) is 23.0 Å². The molecule has 32 heavy (non-hydrogen) atoms. The number of para-hydroxylation sites is 1. The van der Waals surface area contributed by atoms with Crippen molar-refractivity contribution < 1.29 is 23.4 Å². The first-order valence-corrected chi connectivity index (χ1v) is 10.6. The molecule has 7 heteroatoms. The molecule has 0 aliphatic rings. The third-order valence-electron chi connectivity index (χ3n) is 4.77. The van der Waals surface area contributed by atoms with Gasteiger partial charge in [-0.25, -0.2) is 0 Å². The molecule has 0 N–H and O–H groups in total. The summed E-state index contributed by atoms with van der Waals surface area (Å²) in [4.78, 5) is 25.3. The highest BCUT2D eigenvalue weighted by atomic mass is 79.9. The minimum absolute atomic E-state index is 0.101. The summed E-state index contributed by atoms with van der Waals surface area (Å²) in [6, 6.07) is 19.0. The first kappa shape index (κ1) is 21.6. The Kier molecular flexibility index (Phi) is 6.28. The molecule has 4 rings (SSSR count). The summed E-state index contributed by atoms with van der Waals surface area (Å²) in [7, 11) is 1.58. The van der Waals surface area contributed by atoms with Crippen molar-refractivity contribution in [2.45, 2.75) is 13.3 Å². The highest BCUT2D eigenvalue weighted by Crippen LogP contribution is 2.31. The number of carbonyl (C=O) groups excluding carboxylic acids is 1.